The van der Waals surface area contributed by atoms with Crippen molar-refractivity contribution < 1.29 is 9.52 Å². The first-order chi connectivity index (χ1) is 7.68. The minimum Gasteiger partial charge on any atom is -0.453 e. The van der Waals surface area contributed by atoms with E-state index in [1.165, 1.54) is 6.26 Å². The van der Waals surface area contributed by atoms with Gasteiger partial charge in [0.2, 0.25) is 0 Å². The molecule has 0 fully saturated rings. The summed E-state index contributed by atoms with van der Waals surface area (Å²) in [5.41, 5.74) is 2.53. The molecular weight excluding hydrogens is 226 g/mol. The van der Waals surface area contributed by atoms with E-state index in [1.807, 2.05) is 19.1 Å². The number of aromatic nitrogens is 1. The molecule has 0 spiro atoms. The maximum atomic E-state index is 9.98. The first-order valence-corrected chi connectivity index (χ1v) is 5.37. The van der Waals surface area contributed by atoms with E-state index in [0.29, 0.717) is 12.0 Å². The van der Waals surface area contributed by atoms with Crippen molar-refractivity contribution in [2.24, 2.45) is 0 Å². The number of aryl methyl sites for hydroxylation is 1. The van der Waals surface area contributed by atoms with Crippen LogP contribution in [0.4, 0.5) is 0 Å². The Labute approximate surface area is 98.7 Å². The first-order valence-electron chi connectivity index (χ1n) is 5.00. The summed E-state index contributed by atoms with van der Waals surface area (Å²) in [7, 11) is 0. The Morgan fingerprint density at radius 3 is 2.94 bits per heavy atom. The van der Waals surface area contributed by atoms with E-state index in [-0.39, 0.29) is 5.22 Å². The van der Waals surface area contributed by atoms with Crippen LogP contribution in [-0.4, -0.2) is 10.1 Å². The van der Waals surface area contributed by atoms with Gasteiger partial charge in [-0.3, -0.25) is 4.98 Å². The van der Waals surface area contributed by atoms with Gasteiger partial charge in [-0.25, -0.2) is 0 Å². The van der Waals surface area contributed by atoms with Crippen LogP contribution < -0.4 is 0 Å². The zero-order valence-corrected chi connectivity index (χ0v) is 9.61. The largest absolute Gasteiger partial charge is 0.453 e. The van der Waals surface area contributed by atoms with Crippen molar-refractivity contribution in [2.45, 2.75) is 19.4 Å². The zero-order chi connectivity index (χ0) is 11.5. The summed E-state index contributed by atoms with van der Waals surface area (Å²) in [5, 5.41) is 10.2. The van der Waals surface area contributed by atoms with Gasteiger partial charge in [0.05, 0.1) is 12.4 Å². The molecule has 3 nitrogen and oxygen atoms in total. The van der Waals surface area contributed by atoms with Gasteiger partial charge in [-0.1, -0.05) is 6.07 Å². The molecule has 16 heavy (non-hydrogen) atoms. The number of pyridine rings is 1. The van der Waals surface area contributed by atoms with Gasteiger partial charge in [0.1, 0.15) is 0 Å². The number of halogens is 1. The fraction of sp³-hybridized carbons (Fsp3) is 0.250. The molecule has 84 valence electrons. The fourth-order valence-electron chi connectivity index (χ4n) is 1.57. The quantitative estimate of drug-likeness (QED) is 0.893. The van der Waals surface area contributed by atoms with Crippen LogP contribution >= 0.6 is 11.6 Å². The van der Waals surface area contributed by atoms with Crippen molar-refractivity contribution in [3.63, 3.8) is 0 Å². The van der Waals surface area contributed by atoms with Gasteiger partial charge >= 0.3 is 0 Å². The van der Waals surface area contributed by atoms with Gasteiger partial charge in [-0.2, -0.15) is 0 Å². The summed E-state index contributed by atoms with van der Waals surface area (Å²) >= 11 is 5.79. The molecule has 0 bridgehead atoms. The van der Waals surface area contributed by atoms with Crippen molar-refractivity contribution >= 4 is 11.6 Å². The van der Waals surface area contributed by atoms with Crippen LogP contribution in [0.1, 0.15) is 22.9 Å². The van der Waals surface area contributed by atoms with Crippen molar-refractivity contribution in [3.05, 3.63) is 52.7 Å². The predicted octanol–water partition coefficient (Wildman–Crippen LogP) is 2.91. The SMILES string of the molecule is Cc1cccnc1CC(O)c1ccoc1Cl. The number of hydrogen-bond acceptors (Lipinski definition) is 3. The highest BCUT2D eigenvalue weighted by Gasteiger charge is 2.15. The maximum absolute atomic E-state index is 9.98. The lowest BCUT2D eigenvalue weighted by molar-refractivity contribution is 0.176. The summed E-state index contributed by atoms with van der Waals surface area (Å²) in [4.78, 5) is 4.22. The molecule has 2 rings (SSSR count). The minimum atomic E-state index is -0.681. The molecule has 2 aromatic heterocycles. The Hall–Kier alpha value is -1.32. The van der Waals surface area contributed by atoms with Crippen molar-refractivity contribution in [3.8, 4) is 0 Å². The topological polar surface area (TPSA) is 46.3 Å². The average Bonchev–Trinajstić information content (AvgIpc) is 2.68. The molecule has 0 saturated heterocycles. The highest BCUT2D eigenvalue weighted by Crippen LogP contribution is 2.26. The Bertz CT molecular complexity index is 481. The average molecular weight is 238 g/mol. The van der Waals surface area contributed by atoms with Crippen LogP contribution in [0.3, 0.4) is 0 Å². The molecule has 0 radical (unpaired) electrons. The fourth-order valence-corrected chi connectivity index (χ4v) is 1.81. The Balaban J connectivity index is 2.17. The van der Waals surface area contributed by atoms with E-state index in [0.717, 1.165) is 11.3 Å². The summed E-state index contributed by atoms with van der Waals surface area (Å²) in [6.07, 6.45) is 2.93. The van der Waals surface area contributed by atoms with Gasteiger partial charge in [0.15, 0.2) is 5.22 Å². The Morgan fingerprint density at radius 2 is 2.31 bits per heavy atom. The first kappa shape index (κ1) is 11.2. The Kier molecular flexibility index (Phi) is 3.27. The normalized spacial score (nSPS) is 12.7. The van der Waals surface area contributed by atoms with E-state index in [4.69, 9.17) is 16.0 Å². The van der Waals surface area contributed by atoms with Crippen LogP contribution in [0.5, 0.6) is 0 Å². The second-order valence-corrected chi connectivity index (χ2v) is 3.98. The van der Waals surface area contributed by atoms with Crippen molar-refractivity contribution in [2.75, 3.05) is 0 Å². The Morgan fingerprint density at radius 1 is 1.50 bits per heavy atom. The lowest BCUT2D eigenvalue weighted by Crippen LogP contribution is -2.04. The number of rotatable bonds is 3. The van der Waals surface area contributed by atoms with Gasteiger partial charge in [0.25, 0.3) is 0 Å². The van der Waals surface area contributed by atoms with Crippen LogP contribution in [-0.2, 0) is 6.42 Å². The maximum Gasteiger partial charge on any atom is 0.198 e. The molecule has 0 aliphatic carbocycles. The second kappa shape index (κ2) is 4.68. The van der Waals surface area contributed by atoms with Gasteiger partial charge in [-0.15, -0.1) is 0 Å². The molecule has 2 aromatic rings. The summed E-state index contributed by atoms with van der Waals surface area (Å²) in [6, 6.07) is 5.51. The zero-order valence-electron chi connectivity index (χ0n) is 8.85. The minimum absolute atomic E-state index is 0.237. The number of aliphatic hydroxyl groups excluding tert-OH is 1. The molecule has 0 saturated carbocycles. The third kappa shape index (κ3) is 2.26. The highest BCUT2D eigenvalue weighted by molar-refractivity contribution is 6.29. The standard InChI is InChI=1S/C12H12ClNO2/c1-8-3-2-5-14-10(8)7-11(15)9-4-6-16-12(9)13/h2-6,11,15H,7H2,1H3. The van der Waals surface area contributed by atoms with Gasteiger partial charge < -0.3 is 9.52 Å². The summed E-state index contributed by atoms with van der Waals surface area (Å²) in [6.45, 7) is 1.96. The molecule has 4 heteroatoms. The summed E-state index contributed by atoms with van der Waals surface area (Å²) in [5.74, 6) is 0. The lowest BCUT2D eigenvalue weighted by atomic mass is 10.0. The van der Waals surface area contributed by atoms with Crippen LogP contribution in [0, 0.1) is 6.92 Å². The van der Waals surface area contributed by atoms with Crippen molar-refractivity contribution in [1.82, 2.24) is 4.98 Å². The van der Waals surface area contributed by atoms with Gasteiger partial charge in [-0.05, 0) is 36.2 Å². The third-order valence-electron chi connectivity index (χ3n) is 2.51. The van der Waals surface area contributed by atoms with Gasteiger partial charge in [0, 0.05) is 23.9 Å². The number of nitrogens with zero attached hydrogens (tertiary/aromatic N) is 1. The van der Waals surface area contributed by atoms with E-state index >= 15 is 0 Å². The van der Waals surface area contributed by atoms with E-state index in [2.05, 4.69) is 4.98 Å². The molecule has 0 amide bonds. The van der Waals surface area contributed by atoms with Crippen LogP contribution in [0.25, 0.3) is 0 Å². The highest BCUT2D eigenvalue weighted by atomic mass is 35.5. The predicted molar refractivity (Wildman–Crippen MR) is 61.4 cm³/mol. The second-order valence-electron chi connectivity index (χ2n) is 3.64. The molecule has 0 aliphatic rings. The molecule has 1 unspecified atom stereocenters. The van der Waals surface area contributed by atoms with E-state index in [1.54, 1.807) is 12.3 Å². The molecule has 1 N–H and O–H groups in total. The van der Waals surface area contributed by atoms with E-state index in [9.17, 15) is 5.11 Å². The monoisotopic (exact) mass is 237 g/mol. The molecule has 1 atom stereocenters. The molecule has 0 aromatic carbocycles. The molecule has 0 aliphatic heterocycles. The van der Waals surface area contributed by atoms with E-state index < -0.39 is 6.10 Å². The smallest absolute Gasteiger partial charge is 0.198 e. The number of aliphatic hydroxyl groups is 1. The molecule has 2 heterocycles. The summed E-state index contributed by atoms with van der Waals surface area (Å²) < 4.78 is 4.94. The third-order valence-corrected chi connectivity index (χ3v) is 2.82. The number of hydrogen-bond donors (Lipinski definition) is 1. The number of furan rings is 1. The van der Waals surface area contributed by atoms with Crippen LogP contribution in [0.15, 0.2) is 35.1 Å². The lowest BCUT2D eigenvalue weighted by Gasteiger charge is -2.10. The van der Waals surface area contributed by atoms with Crippen LogP contribution in [0.2, 0.25) is 5.22 Å². The van der Waals surface area contributed by atoms with Crippen molar-refractivity contribution in [1.29, 1.82) is 0 Å². The molecular formula is C12H12ClNO2.